The Morgan fingerprint density at radius 3 is 2.67 bits per heavy atom. The van der Waals surface area contributed by atoms with Crippen molar-refractivity contribution in [3.63, 3.8) is 0 Å². The molecule has 0 radical (unpaired) electrons. The van der Waals surface area contributed by atoms with Gasteiger partial charge in [-0.1, -0.05) is 15.9 Å². The average molecular weight is 377 g/mol. The van der Waals surface area contributed by atoms with Gasteiger partial charge in [-0.15, -0.1) is 0 Å². The highest BCUT2D eigenvalue weighted by atomic mass is 79.9. The molecule has 1 saturated heterocycles. The number of aryl methyl sites for hydroxylation is 1. The highest BCUT2D eigenvalue weighted by Gasteiger charge is 2.20. The van der Waals surface area contributed by atoms with E-state index in [4.69, 9.17) is 4.74 Å². The third kappa shape index (κ3) is 4.75. The van der Waals surface area contributed by atoms with Crippen LogP contribution in [0.1, 0.15) is 12.5 Å². The lowest BCUT2D eigenvalue weighted by molar-refractivity contribution is 0.0354. The molecule has 1 fully saturated rings. The molecule has 0 bridgehead atoms. The summed E-state index contributed by atoms with van der Waals surface area (Å²) < 4.78 is 33.7. The van der Waals surface area contributed by atoms with Gasteiger partial charge in [0.25, 0.3) is 0 Å². The number of nitrogens with zero attached hydrogens (tertiary/aromatic N) is 1. The van der Waals surface area contributed by atoms with Crippen molar-refractivity contribution in [3.8, 4) is 0 Å². The molecule has 0 spiro atoms. The molecule has 1 N–H and O–H groups in total. The Morgan fingerprint density at radius 1 is 1.38 bits per heavy atom. The van der Waals surface area contributed by atoms with Gasteiger partial charge in [0.05, 0.1) is 18.1 Å². The normalized spacial score (nSPS) is 18.6. The molecule has 5 nitrogen and oxygen atoms in total. The molecule has 1 aliphatic rings. The number of morpholine rings is 1. The van der Waals surface area contributed by atoms with Crippen LogP contribution in [0.5, 0.6) is 0 Å². The van der Waals surface area contributed by atoms with Gasteiger partial charge in [-0.3, -0.25) is 4.90 Å². The SMILES string of the molecule is Cc1cc(S(=O)(=O)NC(C)CN2CCOCC2)ccc1Br. The van der Waals surface area contributed by atoms with Crippen molar-refractivity contribution in [1.29, 1.82) is 0 Å². The molecule has 1 aromatic rings. The Labute approximate surface area is 134 Å². The maximum absolute atomic E-state index is 12.4. The fourth-order valence-corrected chi connectivity index (χ4v) is 3.89. The zero-order chi connectivity index (χ0) is 15.5. The van der Waals surface area contributed by atoms with Crippen LogP contribution in [0.15, 0.2) is 27.6 Å². The molecule has 1 aliphatic heterocycles. The first-order chi connectivity index (χ1) is 9.88. The van der Waals surface area contributed by atoms with Crippen LogP contribution in [-0.4, -0.2) is 52.2 Å². The van der Waals surface area contributed by atoms with Gasteiger partial charge in [0.1, 0.15) is 0 Å². The van der Waals surface area contributed by atoms with E-state index in [1.807, 2.05) is 13.8 Å². The molecule has 0 aromatic heterocycles. The minimum atomic E-state index is -3.48. The second kappa shape index (κ2) is 7.19. The van der Waals surface area contributed by atoms with Crippen molar-refractivity contribution < 1.29 is 13.2 Å². The first-order valence-electron chi connectivity index (χ1n) is 6.97. The second-order valence-corrected chi connectivity index (χ2v) is 7.91. The van der Waals surface area contributed by atoms with Gasteiger partial charge in [0.15, 0.2) is 0 Å². The van der Waals surface area contributed by atoms with Gasteiger partial charge in [-0.05, 0) is 37.6 Å². The van der Waals surface area contributed by atoms with Crippen LogP contribution >= 0.6 is 15.9 Å². The van der Waals surface area contributed by atoms with E-state index in [2.05, 4.69) is 25.6 Å². The number of hydrogen-bond acceptors (Lipinski definition) is 4. The third-order valence-electron chi connectivity index (χ3n) is 3.43. The zero-order valence-electron chi connectivity index (χ0n) is 12.3. The van der Waals surface area contributed by atoms with Crippen molar-refractivity contribution in [1.82, 2.24) is 9.62 Å². The van der Waals surface area contributed by atoms with E-state index in [1.165, 1.54) is 0 Å². The molecule has 0 aliphatic carbocycles. The Bertz CT molecular complexity index is 586. The van der Waals surface area contributed by atoms with E-state index >= 15 is 0 Å². The molecule has 0 saturated carbocycles. The monoisotopic (exact) mass is 376 g/mol. The van der Waals surface area contributed by atoms with E-state index in [9.17, 15) is 8.42 Å². The number of nitrogens with one attached hydrogen (secondary N) is 1. The van der Waals surface area contributed by atoms with Crippen LogP contribution in [0.3, 0.4) is 0 Å². The predicted molar refractivity (Wildman–Crippen MR) is 85.9 cm³/mol. The molecule has 1 heterocycles. The average Bonchev–Trinajstić information content (AvgIpc) is 2.42. The summed E-state index contributed by atoms with van der Waals surface area (Å²) in [7, 11) is -3.48. The number of rotatable bonds is 5. The summed E-state index contributed by atoms with van der Waals surface area (Å²) in [5, 5.41) is 0. The molecule has 0 amide bonds. The molecule has 21 heavy (non-hydrogen) atoms. The summed E-state index contributed by atoms with van der Waals surface area (Å²) in [4.78, 5) is 2.51. The Kier molecular flexibility index (Phi) is 5.79. The smallest absolute Gasteiger partial charge is 0.240 e. The van der Waals surface area contributed by atoms with Gasteiger partial charge in [0.2, 0.25) is 10.0 Å². The molecular formula is C14H21BrN2O3S. The topological polar surface area (TPSA) is 58.6 Å². The number of benzene rings is 1. The summed E-state index contributed by atoms with van der Waals surface area (Å²) >= 11 is 3.38. The predicted octanol–water partition coefficient (Wildman–Crippen LogP) is 1.76. The van der Waals surface area contributed by atoms with Crippen LogP contribution in [0.4, 0.5) is 0 Å². The van der Waals surface area contributed by atoms with Crippen LogP contribution in [0.25, 0.3) is 0 Å². The summed E-state index contributed by atoms with van der Waals surface area (Å²) in [6.45, 7) is 7.58. The minimum absolute atomic E-state index is 0.142. The summed E-state index contributed by atoms with van der Waals surface area (Å²) in [5.41, 5.74) is 0.902. The van der Waals surface area contributed by atoms with Crippen LogP contribution < -0.4 is 4.72 Å². The van der Waals surface area contributed by atoms with Crippen molar-refractivity contribution >= 4 is 26.0 Å². The standard InChI is InChI=1S/C14H21BrN2O3S/c1-11-9-13(3-4-14(11)15)21(18,19)16-12(2)10-17-5-7-20-8-6-17/h3-4,9,12,16H,5-8,10H2,1-2H3. The number of ether oxygens (including phenoxy) is 1. The van der Waals surface area contributed by atoms with E-state index in [0.717, 1.165) is 23.1 Å². The van der Waals surface area contributed by atoms with Gasteiger partial charge in [-0.25, -0.2) is 13.1 Å². The molecule has 118 valence electrons. The lowest BCUT2D eigenvalue weighted by Crippen LogP contribution is -2.45. The summed E-state index contributed by atoms with van der Waals surface area (Å²) in [5.74, 6) is 0. The quantitative estimate of drug-likeness (QED) is 0.850. The summed E-state index contributed by atoms with van der Waals surface area (Å²) in [6, 6.07) is 4.91. The lowest BCUT2D eigenvalue weighted by Gasteiger charge is -2.29. The molecule has 1 atom stereocenters. The van der Waals surface area contributed by atoms with Gasteiger partial charge < -0.3 is 4.74 Å². The first kappa shape index (κ1) is 16.9. The zero-order valence-corrected chi connectivity index (χ0v) is 14.7. The fraction of sp³-hybridized carbons (Fsp3) is 0.571. The maximum Gasteiger partial charge on any atom is 0.240 e. The molecule has 2 rings (SSSR count). The van der Waals surface area contributed by atoms with Crippen molar-refractivity contribution in [2.45, 2.75) is 24.8 Å². The highest BCUT2D eigenvalue weighted by molar-refractivity contribution is 9.10. The van der Waals surface area contributed by atoms with E-state index in [-0.39, 0.29) is 6.04 Å². The fourth-order valence-electron chi connectivity index (χ4n) is 2.33. The van der Waals surface area contributed by atoms with Crippen molar-refractivity contribution in [2.24, 2.45) is 0 Å². The second-order valence-electron chi connectivity index (χ2n) is 5.35. The highest BCUT2D eigenvalue weighted by Crippen LogP contribution is 2.20. The molecule has 7 heteroatoms. The van der Waals surface area contributed by atoms with Gasteiger partial charge in [-0.2, -0.15) is 0 Å². The van der Waals surface area contributed by atoms with Gasteiger partial charge in [0, 0.05) is 30.1 Å². The van der Waals surface area contributed by atoms with Crippen LogP contribution in [-0.2, 0) is 14.8 Å². The number of sulfonamides is 1. The van der Waals surface area contributed by atoms with E-state index in [1.54, 1.807) is 18.2 Å². The largest absolute Gasteiger partial charge is 0.379 e. The maximum atomic E-state index is 12.4. The summed E-state index contributed by atoms with van der Waals surface area (Å²) in [6.07, 6.45) is 0. The molecule has 1 unspecified atom stereocenters. The first-order valence-corrected chi connectivity index (χ1v) is 9.25. The number of hydrogen-bond donors (Lipinski definition) is 1. The Balaban J connectivity index is 2.00. The Hall–Kier alpha value is -0.470. The molecule has 1 aromatic carbocycles. The Morgan fingerprint density at radius 2 is 2.05 bits per heavy atom. The van der Waals surface area contributed by atoms with Crippen LogP contribution in [0.2, 0.25) is 0 Å². The van der Waals surface area contributed by atoms with Crippen molar-refractivity contribution in [3.05, 3.63) is 28.2 Å². The van der Waals surface area contributed by atoms with E-state index < -0.39 is 10.0 Å². The van der Waals surface area contributed by atoms with Crippen LogP contribution in [0, 0.1) is 6.92 Å². The minimum Gasteiger partial charge on any atom is -0.379 e. The number of halogens is 1. The lowest BCUT2D eigenvalue weighted by atomic mass is 10.2. The van der Waals surface area contributed by atoms with Gasteiger partial charge >= 0.3 is 0 Å². The third-order valence-corrected chi connectivity index (χ3v) is 5.91. The molecular weight excluding hydrogens is 356 g/mol. The van der Waals surface area contributed by atoms with Crippen molar-refractivity contribution in [2.75, 3.05) is 32.8 Å². The van der Waals surface area contributed by atoms with E-state index in [0.29, 0.717) is 24.7 Å².